The average molecular weight is 440 g/mol. The van der Waals surface area contributed by atoms with Gasteiger partial charge in [0.05, 0.1) is 7.11 Å². The molecule has 0 saturated heterocycles. The smallest absolute Gasteiger partial charge is 0.155 e. The highest BCUT2D eigenvalue weighted by atomic mass is 16.5. The molecule has 0 spiro atoms. The van der Waals surface area contributed by atoms with Crippen molar-refractivity contribution in [3.8, 4) is 5.75 Å². The predicted octanol–water partition coefficient (Wildman–Crippen LogP) is 7.80. The SMILES string of the molecule is CCCC/C(=C/c1ccc2c(c1)C1CCCC1N2c1ccc2cc(OC)ccc2c1)C(C)=O. The van der Waals surface area contributed by atoms with E-state index in [9.17, 15) is 4.79 Å². The zero-order valence-corrected chi connectivity index (χ0v) is 19.9. The summed E-state index contributed by atoms with van der Waals surface area (Å²) in [7, 11) is 1.71. The molecule has 0 radical (unpaired) electrons. The van der Waals surface area contributed by atoms with E-state index in [1.54, 1.807) is 14.0 Å². The fourth-order valence-electron chi connectivity index (χ4n) is 5.71. The maximum absolute atomic E-state index is 12.2. The largest absolute Gasteiger partial charge is 0.497 e. The summed E-state index contributed by atoms with van der Waals surface area (Å²) in [6, 6.07) is 20.4. The zero-order valence-electron chi connectivity index (χ0n) is 19.9. The first-order valence-corrected chi connectivity index (χ1v) is 12.3. The van der Waals surface area contributed by atoms with E-state index in [4.69, 9.17) is 4.74 Å². The Morgan fingerprint density at radius 3 is 2.67 bits per heavy atom. The van der Waals surface area contributed by atoms with Crippen molar-refractivity contribution in [2.45, 2.75) is 64.3 Å². The third-order valence-electron chi connectivity index (χ3n) is 7.42. The van der Waals surface area contributed by atoms with Crippen LogP contribution < -0.4 is 9.64 Å². The number of ether oxygens (including phenoxy) is 1. The Morgan fingerprint density at radius 1 is 1.06 bits per heavy atom. The van der Waals surface area contributed by atoms with Crippen LogP contribution in [0.3, 0.4) is 0 Å². The monoisotopic (exact) mass is 439 g/mol. The van der Waals surface area contributed by atoms with Crippen molar-refractivity contribution in [3.63, 3.8) is 0 Å². The number of methoxy groups -OCH3 is 1. The van der Waals surface area contributed by atoms with Crippen molar-refractivity contribution in [2.24, 2.45) is 0 Å². The van der Waals surface area contributed by atoms with Crippen LogP contribution >= 0.6 is 0 Å². The molecule has 1 saturated carbocycles. The second kappa shape index (κ2) is 9.05. The lowest BCUT2D eigenvalue weighted by atomic mass is 9.94. The molecular formula is C30H33NO2. The van der Waals surface area contributed by atoms with Gasteiger partial charge in [-0.3, -0.25) is 4.79 Å². The van der Waals surface area contributed by atoms with Gasteiger partial charge >= 0.3 is 0 Å². The van der Waals surface area contributed by atoms with E-state index < -0.39 is 0 Å². The molecule has 3 nitrogen and oxygen atoms in total. The standard InChI is InChI=1S/C30H33NO2/c1-4-5-7-22(20(2)32)16-21-10-15-30-28(17-21)27-8-6-9-29(27)31(30)25-13-11-24-19-26(33-3)14-12-23(24)18-25/h10-19,27,29H,4-9H2,1-3H3/b22-16-. The number of unbranched alkanes of at least 4 members (excludes halogenated alkanes) is 1. The zero-order chi connectivity index (χ0) is 22.9. The summed E-state index contributed by atoms with van der Waals surface area (Å²) in [6.45, 7) is 3.87. The van der Waals surface area contributed by atoms with E-state index in [1.807, 2.05) is 6.07 Å². The molecule has 170 valence electrons. The third kappa shape index (κ3) is 4.06. The van der Waals surface area contributed by atoms with Crippen LogP contribution in [0.1, 0.15) is 69.4 Å². The van der Waals surface area contributed by atoms with Gasteiger partial charge in [-0.05, 0) is 103 Å². The highest BCUT2D eigenvalue weighted by molar-refractivity contribution is 5.98. The lowest BCUT2D eigenvalue weighted by Gasteiger charge is -2.27. The van der Waals surface area contributed by atoms with Gasteiger partial charge in [0.25, 0.3) is 0 Å². The van der Waals surface area contributed by atoms with E-state index in [1.165, 1.54) is 47.0 Å². The van der Waals surface area contributed by atoms with E-state index in [-0.39, 0.29) is 5.78 Å². The minimum absolute atomic E-state index is 0.192. The molecule has 33 heavy (non-hydrogen) atoms. The number of rotatable bonds is 7. The number of Topliss-reactive ketones (excluding diaryl/α,β-unsaturated/α-hetero) is 1. The Morgan fingerprint density at radius 2 is 1.88 bits per heavy atom. The van der Waals surface area contributed by atoms with Crippen LogP contribution in [0.2, 0.25) is 0 Å². The molecule has 0 amide bonds. The van der Waals surface area contributed by atoms with Gasteiger partial charge in [0.1, 0.15) is 5.75 Å². The number of carbonyl (C=O) groups excluding carboxylic acids is 1. The molecule has 3 heteroatoms. The molecular weight excluding hydrogens is 406 g/mol. The van der Waals surface area contributed by atoms with Crippen LogP contribution in [-0.4, -0.2) is 18.9 Å². The lowest BCUT2D eigenvalue weighted by molar-refractivity contribution is -0.113. The minimum atomic E-state index is 0.192. The lowest BCUT2D eigenvalue weighted by Crippen LogP contribution is -2.26. The van der Waals surface area contributed by atoms with Gasteiger partial charge in [-0.1, -0.05) is 38.0 Å². The normalized spacial score (nSPS) is 19.6. The average Bonchev–Trinajstić information content (AvgIpc) is 3.41. The van der Waals surface area contributed by atoms with Gasteiger partial charge in [-0.15, -0.1) is 0 Å². The number of hydrogen-bond acceptors (Lipinski definition) is 3. The minimum Gasteiger partial charge on any atom is -0.497 e. The summed E-state index contributed by atoms with van der Waals surface area (Å²) < 4.78 is 5.39. The Kier molecular flexibility index (Phi) is 5.97. The van der Waals surface area contributed by atoms with E-state index in [0.29, 0.717) is 12.0 Å². The number of hydrogen-bond donors (Lipinski definition) is 0. The van der Waals surface area contributed by atoms with Crippen molar-refractivity contribution >= 4 is 34.0 Å². The fraction of sp³-hybridized carbons (Fsp3) is 0.367. The van der Waals surface area contributed by atoms with Crippen LogP contribution in [0.4, 0.5) is 11.4 Å². The number of ketones is 1. The molecule has 5 rings (SSSR count). The van der Waals surface area contributed by atoms with Gasteiger partial charge in [-0.2, -0.15) is 0 Å². The van der Waals surface area contributed by atoms with Crippen LogP contribution in [0.15, 0.2) is 60.2 Å². The molecule has 1 fully saturated rings. The molecule has 3 aromatic carbocycles. The number of benzene rings is 3. The second-order valence-electron chi connectivity index (χ2n) is 9.52. The van der Waals surface area contributed by atoms with Crippen molar-refractivity contribution in [3.05, 3.63) is 71.3 Å². The fourth-order valence-corrected chi connectivity index (χ4v) is 5.71. The maximum Gasteiger partial charge on any atom is 0.155 e. The first-order valence-electron chi connectivity index (χ1n) is 12.3. The maximum atomic E-state index is 12.2. The molecule has 3 aromatic rings. The van der Waals surface area contributed by atoms with E-state index >= 15 is 0 Å². The van der Waals surface area contributed by atoms with Gasteiger partial charge in [0.15, 0.2) is 5.78 Å². The number of anilines is 2. The summed E-state index contributed by atoms with van der Waals surface area (Å²) in [4.78, 5) is 14.7. The Bertz CT molecular complexity index is 1230. The molecule has 0 N–H and O–H groups in total. The number of allylic oxidation sites excluding steroid dienone is 1. The molecule has 1 aliphatic carbocycles. The predicted molar refractivity (Wildman–Crippen MR) is 138 cm³/mol. The summed E-state index contributed by atoms with van der Waals surface area (Å²) in [5.74, 6) is 1.65. The van der Waals surface area contributed by atoms with E-state index in [2.05, 4.69) is 66.4 Å². The highest BCUT2D eigenvalue weighted by Gasteiger charge is 2.42. The van der Waals surface area contributed by atoms with Crippen LogP contribution in [0, 0.1) is 0 Å². The molecule has 0 bridgehead atoms. The number of fused-ring (bicyclic) bond motifs is 4. The Hall–Kier alpha value is -3.07. The third-order valence-corrected chi connectivity index (χ3v) is 7.42. The topological polar surface area (TPSA) is 29.5 Å². The molecule has 2 atom stereocenters. The summed E-state index contributed by atoms with van der Waals surface area (Å²) >= 11 is 0. The van der Waals surface area contributed by atoms with Crippen LogP contribution in [0.5, 0.6) is 5.75 Å². The van der Waals surface area contributed by atoms with Gasteiger partial charge < -0.3 is 9.64 Å². The van der Waals surface area contributed by atoms with Gasteiger partial charge in [-0.25, -0.2) is 0 Å². The summed E-state index contributed by atoms with van der Waals surface area (Å²) in [6.07, 6.45) is 8.87. The Balaban J connectivity index is 1.53. The summed E-state index contributed by atoms with van der Waals surface area (Å²) in [5.41, 5.74) is 6.14. The molecule has 2 aliphatic rings. The molecule has 1 aliphatic heterocycles. The van der Waals surface area contributed by atoms with Gasteiger partial charge in [0.2, 0.25) is 0 Å². The van der Waals surface area contributed by atoms with Crippen molar-refractivity contribution in [1.29, 1.82) is 0 Å². The van der Waals surface area contributed by atoms with E-state index in [0.717, 1.165) is 36.1 Å². The summed E-state index contributed by atoms with van der Waals surface area (Å²) in [5, 5.41) is 2.43. The quantitative estimate of drug-likeness (QED) is 0.352. The van der Waals surface area contributed by atoms with Crippen LogP contribution in [0.25, 0.3) is 16.8 Å². The second-order valence-corrected chi connectivity index (χ2v) is 9.52. The molecule has 0 aromatic heterocycles. The van der Waals surface area contributed by atoms with Gasteiger partial charge in [0, 0.05) is 23.3 Å². The first-order chi connectivity index (χ1) is 16.1. The number of nitrogens with zero attached hydrogens (tertiary/aromatic N) is 1. The van der Waals surface area contributed by atoms with Crippen LogP contribution in [-0.2, 0) is 4.79 Å². The van der Waals surface area contributed by atoms with Crippen molar-refractivity contribution < 1.29 is 9.53 Å². The molecule has 2 unspecified atom stereocenters. The first kappa shape index (κ1) is 21.8. The van der Waals surface area contributed by atoms with Crippen molar-refractivity contribution in [2.75, 3.05) is 12.0 Å². The van der Waals surface area contributed by atoms with Crippen molar-refractivity contribution in [1.82, 2.24) is 0 Å². The highest BCUT2D eigenvalue weighted by Crippen LogP contribution is 2.52. The Labute approximate surface area is 197 Å². The number of carbonyl (C=O) groups is 1. The molecule has 1 heterocycles.